The van der Waals surface area contributed by atoms with E-state index in [4.69, 9.17) is 21.4 Å². The summed E-state index contributed by atoms with van der Waals surface area (Å²) in [6.45, 7) is -1.85. The van der Waals surface area contributed by atoms with Crippen LogP contribution in [0.15, 0.2) is 48.5 Å². The van der Waals surface area contributed by atoms with Gasteiger partial charge in [0.05, 0.1) is 12.6 Å². The van der Waals surface area contributed by atoms with Gasteiger partial charge in [-0.05, 0) is 61.2 Å². The molecule has 0 saturated heterocycles. The van der Waals surface area contributed by atoms with E-state index in [0.717, 1.165) is 12.7 Å². The second-order valence-electron chi connectivity index (χ2n) is 9.98. The minimum Gasteiger partial charge on any atom is -0.474 e. The minimum atomic E-state index is -4.63. The molecule has 1 atom stereocenters. The number of esters is 1. The van der Waals surface area contributed by atoms with Gasteiger partial charge < -0.3 is 35.8 Å². The van der Waals surface area contributed by atoms with Gasteiger partial charge in [0, 0.05) is 22.8 Å². The number of nitrogens with one attached hydrogen (secondary N) is 4. The third-order valence-corrected chi connectivity index (χ3v) is 6.84. The molecular weight excluding hydrogens is 639 g/mol. The summed E-state index contributed by atoms with van der Waals surface area (Å²) in [6.07, 6.45) is -3.37. The van der Waals surface area contributed by atoms with E-state index in [2.05, 4.69) is 41.0 Å². The zero-order valence-electron chi connectivity index (χ0n) is 24.0. The first kappa shape index (κ1) is 33.7. The maximum atomic E-state index is 12.9. The van der Waals surface area contributed by atoms with Gasteiger partial charge in [-0.25, -0.2) is 9.59 Å². The van der Waals surface area contributed by atoms with Crippen molar-refractivity contribution in [1.29, 1.82) is 0 Å². The number of alkyl halides is 3. The van der Waals surface area contributed by atoms with E-state index in [0.29, 0.717) is 23.6 Å². The van der Waals surface area contributed by atoms with Crippen molar-refractivity contribution >= 4 is 52.9 Å². The Morgan fingerprint density at radius 2 is 1.65 bits per heavy atom. The van der Waals surface area contributed by atoms with Crippen LogP contribution in [-0.2, 0) is 24.7 Å². The molecule has 2 amide bonds. The molecule has 1 aliphatic carbocycles. The highest BCUT2D eigenvalue weighted by Gasteiger charge is 2.45. The molecule has 18 heteroatoms. The van der Waals surface area contributed by atoms with E-state index >= 15 is 0 Å². The number of methoxy groups -OCH3 is 1. The Balaban J connectivity index is 1.47. The summed E-state index contributed by atoms with van der Waals surface area (Å²) >= 11 is 6.00. The molecule has 0 aliphatic heterocycles. The predicted molar refractivity (Wildman–Crippen MR) is 156 cm³/mol. The number of aromatic nitrogens is 3. The minimum absolute atomic E-state index is 0.0356. The van der Waals surface area contributed by atoms with Gasteiger partial charge in [0.15, 0.2) is 6.61 Å². The molecule has 1 saturated carbocycles. The Morgan fingerprint density at radius 1 is 1.00 bits per heavy atom. The largest absolute Gasteiger partial charge is 0.474 e. The van der Waals surface area contributed by atoms with Crippen LogP contribution < -0.4 is 26.0 Å². The maximum Gasteiger partial charge on any atom is 0.422 e. The number of carbonyl (C=O) groups is 4. The van der Waals surface area contributed by atoms with Gasteiger partial charge in [0.1, 0.15) is 6.04 Å². The molecule has 4 rings (SSSR count). The van der Waals surface area contributed by atoms with Crippen LogP contribution in [0.4, 0.5) is 30.8 Å². The summed E-state index contributed by atoms with van der Waals surface area (Å²) in [4.78, 5) is 59.0. The van der Waals surface area contributed by atoms with Crippen LogP contribution in [0, 0.1) is 0 Å². The lowest BCUT2D eigenvalue weighted by atomic mass is 10.1. The molecule has 0 spiro atoms. The molecule has 1 fully saturated rings. The van der Waals surface area contributed by atoms with Crippen molar-refractivity contribution in [1.82, 2.24) is 25.6 Å². The molecule has 3 aromatic rings. The molecule has 1 aliphatic rings. The Hall–Kier alpha value is -5.19. The van der Waals surface area contributed by atoms with Crippen LogP contribution in [-0.4, -0.2) is 76.3 Å². The number of hydrogen-bond acceptors (Lipinski definition) is 11. The first-order chi connectivity index (χ1) is 21.8. The number of halogens is 4. The van der Waals surface area contributed by atoms with Crippen molar-refractivity contribution in [3.63, 3.8) is 0 Å². The van der Waals surface area contributed by atoms with Crippen molar-refractivity contribution in [2.75, 3.05) is 30.9 Å². The van der Waals surface area contributed by atoms with Gasteiger partial charge in [-0.2, -0.15) is 28.1 Å². The molecule has 0 bridgehead atoms. The zero-order chi connectivity index (χ0) is 33.5. The number of carbonyl (C=O) groups excluding carboxylic acids is 3. The summed E-state index contributed by atoms with van der Waals surface area (Å²) in [6, 6.07) is 11.0. The molecular formula is C28H27ClF3N7O7. The Bertz CT molecular complexity index is 1590. The van der Waals surface area contributed by atoms with Gasteiger partial charge in [0.25, 0.3) is 5.91 Å². The van der Waals surface area contributed by atoms with E-state index in [9.17, 15) is 32.3 Å². The number of amides is 2. The SMILES string of the molecule is COC(=O)C(CCNC(=O)C(=O)O)NC(=O)c1ccc(Nc2nc(NC3(c4ccc(Cl)cc4)CC3)nc(OCC(F)(F)F)n2)cc1. The third kappa shape index (κ3) is 9.40. The van der Waals surface area contributed by atoms with Gasteiger partial charge in [-0.1, -0.05) is 23.7 Å². The monoisotopic (exact) mass is 665 g/mol. The third-order valence-electron chi connectivity index (χ3n) is 6.58. The molecule has 244 valence electrons. The quantitative estimate of drug-likeness (QED) is 0.132. The first-order valence-corrected chi connectivity index (χ1v) is 13.9. The highest BCUT2D eigenvalue weighted by molar-refractivity contribution is 6.31. The zero-order valence-corrected chi connectivity index (χ0v) is 24.7. The highest BCUT2D eigenvalue weighted by atomic mass is 35.5. The lowest BCUT2D eigenvalue weighted by Gasteiger charge is -2.19. The average Bonchev–Trinajstić information content (AvgIpc) is 3.79. The molecule has 1 aromatic heterocycles. The van der Waals surface area contributed by atoms with Crippen molar-refractivity contribution in [2.45, 2.75) is 37.0 Å². The molecule has 1 heterocycles. The number of benzene rings is 2. The molecule has 5 N–H and O–H groups in total. The first-order valence-electron chi connectivity index (χ1n) is 13.5. The smallest absolute Gasteiger partial charge is 0.422 e. The number of aliphatic carboxylic acids is 1. The van der Waals surface area contributed by atoms with Crippen molar-refractivity contribution in [2.24, 2.45) is 0 Å². The van der Waals surface area contributed by atoms with Crippen LogP contribution >= 0.6 is 11.6 Å². The second-order valence-corrected chi connectivity index (χ2v) is 10.4. The number of hydrogen-bond donors (Lipinski definition) is 5. The highest BCUT2D eigenvalue weighted by Crippen LogP contribution is 2.48. The van der Waals surface area contributed by atoms with E-state index in [1.54, 1.807) is 12.1 Å². The van der Waals surface area contributed by atoms with Crippen molar-refractivity contribution in [3.8, 4) is 6.01 Å². The average molecular weight is 666 g/mol. The number of nitrogens with zero attached hydrogens (tertiary/aromatic N) is 3. The molecule has 1 unspecified atom stereocenters. The maximum absolute atomic E-state index is 12.9. The summed E-state index contributed by atoms with van der Waals surface area (Å²) < 4.78 is 48.0. The normalized spacial score (nSPS) is 13.9. The lowest BCUT2D eigenvalue weighted by Crippen LogP contribution is -2.44. The number of rotatable bonds is 13. The Kier molecular flexibility index (Phi) is 10.5. The number of anilines is 3. The molecule has 0 radical (unpaired) electrons. The van der Waals surface area contributed by atoms with E-state index in [1.807, 2.05) is 12.1 Å². The fraction of sp³-hybridized carbons (Fsp3) is 0.321. The Morgan fingerprint density at radius 3 is 2.24 bits per heavy atom. The topological polar surface area (TPSA) is 194 Å². The van der Waals surface area contributed by atoms with E-state index < -0.39 is 54.1 Å². The van der Waals surface area contributed by atoms with E-state index in [1.165, 1.54) is 24.3 Å². The van der Waals surface area contributed by atoms with Crippen LogP contribution in [0.3, 0.4) is 0 Å². The number of carboxylic acids is 1. The van der Waals surface area contributed by atoms with Crippen molar-refractivity contribution < 1.29 is 46.9 Å². The van der Waals surface area contributed by atoms with Gasteiger partial charge >= 0.3 is 30.0 Å². The predicted octanol–water partition coefficient (Wildman–Crippen LogP) is 3.17. The Labute approximate surface area is 264 Å². The summed E-state index contributed by atoms with van der Waals surface area (Å²) in [7, 11) is 1.10. The van der Waals surface area contributed by atoms with Gasteiger partial charge in [-0.3, -0.25) is 9.59 Å². The number of carboxylic acid groups (broad SMARTS) is 1. The van der Waals surface area contributed by atoms with Gasteiger partial charge in [-0.15, -0.1) is 0 Å². The fourth-order valence-corrected chi connectivity index (χ4v) is 4.27. The molecule has 14 nitrogen and oxygen atoms in total. The molecule has 2 aromatic carbocycles. The van der Waals surface area contributed by atoms with Crippen molar-refractivity contribution in [3.05, 3.63) is 64.7 Å². The summed E-state index contributed by atoms with van der Waals surface area (Å²) in [5.41, 5.74) is 0.789. The fourth-order valence-electron chi connectivity index (χ4n) is 4.15. The summed E-state index contributed by atoms with van der Waals surface area (Å²) in [5.74, 6) is -4.65. The standard InChI is InChI=1S/C28H27ClF3N7O7/c1-45-23(44)19(10-13-33-21(41)22(42)43)35-20(40)15-2-8-18(9-3-15)34-24-36-25(38-26(37-24)46-14-28(30,31)32)39-27(11-12-27)16-4-6-17(29)7-5-16/h2-9,19H,10-14H2,1H3,(H,33,41)(H,35,40)(H,42,43)(H2,34,36,37,38,39). The number of ether oxygens (including phenoxy) is 2. The van der Waals surface area contributed by atoms with Crippen LogP contribution in [0.25, 0.3) is 0 Å². The van der Waals surface area contributed by atoms with Crippen LogP contribution in [0.2, 0.25) is 5.02 Å². The summed E-state index contributed by atoms with van der Waals surface area (Å²) in [5, 5.41) is 19.7. The lowest BCUT2D eigenvalue weighted by molar-refractivity contribution is -0.154. The second kappa shape index (κ2) is 14.3. The van der Waals surface area contributed by atoms with Crippen LogP contribution in [0.5, 0.6) is 6.01 Å². The van der Waals surface area contributed by atoms with Crippen LogP contribution in [0.1, 0.15) is 35.2 Å². The van der Waals surface area contributed by atoms with E-state index in [-0.39, 0.29) is 30.4 Å². The molecule has 46 heavy (non-hydrogen) atoms. The van der Waals surface area contributed by atoms with Gasteiger partial charge in [0.2, 0.25) is 11.9 Å².